The third-order valence-electron chi connectivity index (χ3n) is 2.79. The number of nitrogens with zero attached hydrogens (tertiary/aromatic N) is 1. The largest absolute Gasteiger partial charge is 0.384 e. The summed E-state index contributed by atoms with van der Waals surface area (Å²) in [6, 6.07) is 2.93. The molecule has 0 aliphatic rings. The second-order valence-electron chi connectivity index (χ2n) is 3.95. The Morgan fingerprint density at radius 1 is 1.35 bits per heavy atom. The van der Waals surface area contributed by atoms with Crippen LogP contribution in [-0.4, -0.2) is 19.9 Å². The van der Waals surface area contributed by atoms with Crippen LogP contribution in [0.2, 0.25) is 0 Å². The summed E-state index contributed by atoms with van der Waals surface area (Å²) in [6.45, 7) is 4.56. The van der Waals surface area contributed by atoms with Gasteiger partial charge < -0.3 is 5.73 Å². The van der Waals surface area contributed by atoms with Crippen molar-refractivity contribution in [1.29, 1.82) is 0 Å². The lowest BCUT2D eigenvalue weighted by molar-refractivity contribution is 0.479. The van der Waals surface area contributed by atoms with E-state index in [0.29, 0.717) is 18.3 Å². The number of nitrogens with one attached hydrogen (secondary N) is 1. The first-order chi connectivity index (χ1) is 7.99. The second kappa shape index (κ2) is 5.97. The minimum atomic E-state index is -3.46. The molecule has 1 aromatic rings. The Labute approximate surface area is 102 Å². The predicted molar refractivity (Wildman–Crippen MR) is 67.9 cm³/mol. The topological polar surface area (TPSA) is 85.1 Å². The van der Waals surface area contributed by atoms with Gasteiger partial charge in [-0.2, -0.15) is 0 Å². The van der Waals surface area contributed by atoms with Crippen molar-refractivity contribution in [3.63, 3.8) is 0 Å². The van der Waals surface area contributed by atoms with Crippen LogP contribution in [0.1, 0.15) is 26.7 Å². The van der Waals surface area contributed by atoms with Gasteiger partial charge in [-0.05, 0) is 18.1 Å². The highest BCUT2D eigenvalue weighted by atomic mass is 32.2. The lowest BCUT2D eigenvalue weighted by Gasteiger charge is -2.13. The van der Waals surface area contributed by atoms with Gasteiger partial charge in [0.25, 0.3) is 0 Å². The van der Waals surface area contributed by atoms with Gasteiger partial charge in [-0.1, -0.05) is 26.7 Å². The van der Waals surface area contributed by atoms with Crippen LogP contribution in [0.5, 0.6) is 0 Å². The SMILES string of the molecule is CCC(CC)CNS(=O)(=O)c1ccc(N)nc1. The number of pyridine rings is 1. The van der Waals surface area contributed by atoms with E-state index < -0.39 is 10.0 Å². The van der Waals surface area contributed by atoms with E-state index >= 15 is 0 Å². The summed E-state index contributed by atoms with van der Waals surface area (Å²) in [5.41, 5.74) is 5.41. The minimum Gasteiger partial charge on any atom is -0.384 e. The quantitative estimate of drug-likeness (QED) is 0.806. The second-order valence-corrected chi connectivity index (χ2v) is 5.72. The molecule has 0 radical (unpaired) electrons. The lowest BCUT2D eigenvalue weighted by atomic mass is 10.0. The summed E-state index contributed by atoms with van der Waals surface area (Å²) in [6.07, 6.45) is 3.18. The van der Waals surface area contributed by atoms with Crippen LogP contribution in [0.4, 0.5) is 5.82 Å². The number of aromatic nitrogens is 1. The summed E-state index contributed by atoms with van der Waals surface area (Å²) in [5.74, 6) is 0.676. The fourth-order valence-electron chi connectivity index (χ4n) is 1.44. The van der Waals surface area contributed by atoms with Gasteiger partial charge in [0.15, 0.2) is 0 Å². The van der Waals surface area contributed by atoms with Crippen molar-refractivity contribution in [2.24, 2.45) is 5.92 Å². The zero-order valence-corrected chi connectivity index (χ0v) is 11.0. The van der Waals surface area contributed by atoms with Crippen molar-refractivity contribution in [3.8, 4) is 0 Å². The predicted octanol–water partition coefficient (Wildman–Crippen LogP) is 1.38. The lowest BCUT2D eigenvalue weighted by Crippen LogP contribution is -2.29. The maximum atomic E-state index is 11.9. The zero-order valence-electron chi connectivity index (χ0n) is 10.2. The highest BCUT2D eigenvalue weighted by molar-refractivity contribution is 7.89. The molecule has 0 spiro atoms. The first kappa shape index (κ1) is 13.9. The van der Waals surface area contributed by atoms with Gasteiger partial charge in [-0.15, -0.1) is 0 Å². The minimum absolute atomic E-state index is 0.151. The Morgan fingerprint density at radius 3 is 2.47 bits per heavy atom. The molecule has 3 N–H and O–H groups in total. The summed E-state index contributed by atoms with van der Waals surface area (Å²) < 4.78 is 26.4. The molecule has 0 saturated heterocycles. The van der Waals surface area contributed by atoms with E-state index in [9.17, 15) is 8.42 Å². The van der Waals surface area contributed by atoms with Crippen molar-refractivity contribution in [1.82, 2.24) is 9.71 Å². The molecule has 0 amide bonds. The third-order valence-corrected chi connectivity index (χ3v) is 4.20. The van der Waals surface area contributed by atoms with Gasteiger partial charge in [0, 0.05) is 12.7 Å². The van der Waals surface area contributed by atoms with Gasteiger partial charge in [-0.3, -0.25) is 0 Å². The van der Waals surface area contributed by atoms with E-state index in [4.69, 9.17) is 5.73 Å². The Kier molecular flexibility index (Phi) is 4.89. The first-order valence-electron chi connectivity index (χ1n) is 5.70. The maximum absolute atomic E-state index is 11.9. The van der Waals surface area contributed by atoms with Gasteiger partial charge in [-0.25, -0.2) is 18.1 Å². The van der Waals surface area contributed by atoms with Crippen molar-refractivity contribution in [2.45, 2.75) is 31.6 Å². The van der Waals surface area contributed by atoms with E-state index in [2.05, 4.69) is 9.71 Å². The van der Waals surface area contributed by atoms with Crippen LogP contribution in [0.3, 0.4) is 0 Å². The molecule has 6 heteroatoms. The molecule has 0 fully saturated rings. The molecule has 0 unspecified atom stereocenters. The molecular formula is C11H19N3O2S. The maximum Gasteiger partial charge on any atom is 0.242 e. The number of nitrogens with two attached hydrogens (primary N) is 1. The van der Waals surface area contributed by atoms with Crippen molar-refractivity contribution < 1.29 is 8.42 Å². The van der Waals surface area contributed by atoms with Gasteiger partial charge in [0.2, 0.25) is 10.0 Å². The molecule has 17 heavy (non-hydrogen) atoms. The molecule has 0 aliphatic heterocycles. The molecule has 0 aliphatic carbocycles. The van der Waals surface area contributed by atoms with E-state index in [0.717, 1.165) is 12.8 Å². The molecule has 1 aromatic heterocycles. The van der Waals surface area contributed by atoms with Crippen LogP contribution in [0.25, 0.3) is 0 Å². The van der Waals surface area contributed by atoms with E-state index in [1.165, 1.54) is 18.3 Å². The number of sulfonamides is 1. The summed E-state index contributed by atoms with van der Waals surface area (Å²) in [7, 11) is -3.46. The Hall–Kier alpha value is -1.14. The Morgan fingerprint density at radius 2 is 2.00 bits per heavy atom. The number of rotatable bonds is 6. The van der Waals surface area contributed by atoms with Gasteiger partial charge >= 0.3 is 0 Å². The van der Waals surface area contributed by atoms with Gasteiger partial charge in [0.05, 0.1) is 0 Å². The number of anilines is 1. The summed E-state index contributed by atoms with van der Waals surface area (Å²) >= 11 is 0. The van der Waals surface area contributed by atoms with Crippen molar-refractivity contribution in [2.75, 3.05) is 12.3 Å². The molecule has 5 nitrogen and oxygen atoms in total. The van der Waals surface area contributed by atoms with Gasteiger partial charge in [0.1, 0.15) is 10.7 Å². The Bertz CT molecular complexity index is 438. The molecule has 96 valence electrons. The normalized spacial score (nSPS) is 11.9. The highest BCUT2D eigenvalue weighted by Crippen LogP contribution is 2.11. The molecular weight excluding hydrogens is 238 g/mol. The number of hydrogen-bond donors (Lipinski definition) is 2. The number of nitrogen functional groups attached to an aromatic ring is 1. The molecule has 0 atom stereocenters. The molecule has 1 rings (SSSR count). The third kappa shape index (κ3) is 3.98. The van der Waals surface area contributed by atoms with E-state index in [-0.39, 0.29) is 4.90 Å². The summed E-state index contributed by atoms with van der Waals surface area (Å²) in [5, 5.41) is 0. The van der Waals surface area contributed by atoms with Crippen LogP contribution in [0.15, 0.2) is 23.2 Å². The number of hydrogen-bond acceptors (Lipinski definition) is 4. The standard InChI is InChI=1S/C11H19N3O2S/c1-3-9(4-2)7-14-17(15,16)10-5-6-11(12)13-8-10/h5-6,8-9,14H,3-4,7H2,1-2H3,(H2,12,13). The van der Waals surface area contributed by atoms with Crippen LogP contribution >= 0.6 is 0 Å². The molecule has 1 heterocycles. The van der Waals surface area contributed by atoms with Crippen LogP contribution < -0.4 is 10.5 Å². The zero-order chi connectivity index (χ0) is 12.9. The average molecular weight is 257 g/mol. The monoisotopic (exact) mass is 257 g/mol. The Balaban J connectivity index is 2.72. The van der Waals surface area contributed by atoms with E-state index in [1.54, 1.807) is 0 Å². The van der Waals surface area contributed by atoms with Crippen molar-refractivity contribution >= 4 is 15.8 Å². The summed E-state index contributed by atoms with van der Waals surface area (Å²) in [4.78, 5) is 3.92. The fourth-order valence-corrected chi connectivity index (χ4v) is 2.50. The first-order valence-corrected chi connectivity index (χ1v) is 7.19. The molecule has 0 bridgehead atoms. The smallest absolute Gasteiger partial charge is 0.242 e. The highest BCUT2D eigenvalue weighted by Gasteiger charge is 2.15. The average Bonchev–Trinajstić information content (AvgIpc) is 2.31. The van der Waals surface area contributed by atoms with Crippen LogP contribution in [-0.2, 0) is 10.0 Å². The fraction of sp³-hybridized carbons (Fsp3) is 0.545. The molecule has 0 aromatic carbocycles. The van der Waals surface area contributed by atoms with Crippen LogP contribution in [0, 0.1) is 5.92 Å². The molecule has 0 saturated carbocycles. The van der Waals surface area contributed by atoms with E-state index in [1.807, 2.05) is 13.8 Å². The van der Waals surface area contributed by atoms with Crippen molar-refractivity contribution in [3.05, 3.63) is 18.3 Å².